The van der Waals surface area contributed by atoms with Crippen molar-refractivity contribution in [2.45, 2.75) is 13.3 Å². The molecule has 4 rings (SSSR count). The van der Waals surface area contributed by atoms with Gasteiger partial charge in [0.25, 0.3) is 0 Å². The molecule has 1 aromatic carbocycles. The zero-order chi connectivity index (χ0) is 17.4. The van der Waals surface area contributed by atoms with E-state index in [1.807, 2.05) is 35.7 Å². The Morgan fingerprint density at radius 3 is 2.96 bits per heavy atom. The van der Waals surface area contributed by atoms with Crippen molar-refractivity contribution in [3.8, 4) is 10.8 Å². The molecule has 3 heterocycles. The third-order valence-corrected chi connectivity index (χ3v) is 4.87. The van der Waals surface area contributed by atoms with Crippen molar-refractivity contribution in [1.29, 1.82) is 0 Å². The molecule has 6 nitrogen and oxygen atoms in total. The maximum absolute atomic E-state index is 12.8. The summed E-state index contributed by atoms with van der Waals surface area (Å²) in [6, 6.07) is 11.1. The predicted molar refractivity (Wildman–Crippen MR) is 95.7 cm³/mol. The number of benzene rings is 1. The topological polar surface area (TPSA) is 75.4 Å². The number of aromatic nitrogens is 1. The fourth-order valence-corrected chi connectivity index (χ4v) is 3.44. The quantitative estimate of drug-likeness (QED) is 0.784. The van der Waals surface area contributed by atoms with Gasteiger partial charge in [0.15, 0.2) is 0 Å². The molecule has 126 valence electrons. The highest BCUT2D eigenvalue weighted by Crippen LogP contribution is 2.30. The molecule has 0 saturated heterocycles. The van der Waals surface area contributed by atoms with Gasteiger partial charge < -0.3 is 14.6 Å². The number of thiophene rings is 1. The lowest BCUT2D eigenvalue weighted by Gasteiger charge is -2.29. The molecule has 0 spiro atoms. The van der Waals surface area contributed by atoms with Gasteiger partial charge in [-0.25, -0.2) is 4.98 Å². The zero-order valence-electron chi connectivity index (χ0n) is 13.5. The van der Waals surface area contributed by atoms with Crippen LogP contribution in [0.5, 0.6) is 0 Å². The number of nitrogens with zero attached hydrogens (tertiary/aromatic N) is 2. The average molecular weight is 353 g/mol. The third-order valence-electron chi connectivity index (χ3n) is 4.02. The van der Waals surface area contributed by atoms with E-state index in [2.05, 4.69) is 10.3 Å². The molecule has 7 heteroatoms. The number of carbonyl (C=O) groups excluding carboxylic acids is 2. The molecule has 0 saturated carbocycles. The maximum atomic E-state index is 12.8. The van der Waals surface area contributed by atoms with Crippen molar-refractivity contribution in [2.75, 3.05) is 16.8 Å². The molecular weight excluding hydrogens is 338 g/mol. The Bertz CT molecular complexity index is 946. The number of oxazole rings is 1. The second-order valence-electron chi connectivity index (χ2n) is 5.72. The normalized spacial score (nSPS) is 13.5. The molecule has 1 aliphatic heterocycles. The third kappa shape index (κ3) is 2.94. The number of amides is 2. The fourth-order valence-electron chi connectivity index (χ4n) is 2.79. The largest absolute Gasteiger partial charge is 0.440 e. The summed E-state index contributed by atoms with van der Waals surface area (Å²) in [5.74, 6) is 0.748. The number of anilines is 2. The van der Waals surface area contributed by atoms with Crippen LogP contribution in [0.4, 0.5) is 11.4 Å². The van der Waals surface area contributed by atoms with E-state index in [-0.39, 0.29) is 24.8 Å². The molecule has 2 amide bonds. The first-order valence-corrected chi connectivity index (χ1v) is 8.69. The van der Waals surface area contributed by atoms with Gasteiger partial charge in [-0.3, -0.25) is 9.59 Å². The Labute approximate surface area is 148 Å². The first-order valence-electron chi connectivity index (χ1n) is 7.81. The molecular formula is C18H15N3O3S. The predicted octanol–water partition coefficient (Wildman–Crippen LogP) is 3.24. The monoisotopic (exact) mass is 353 g/mol. The van der Waals surface area contributed by atoms with E-state index in [1.165, 1.54) is 16.2 Å². The molecule has 1 aliphatic rings. The molecule has 0 atom stereocenters. The van der Waals surface area contributed by atoms with E-state index in [0.29, 0.717) is 28.7 Å². The van der Waals surface area contributed by atoms with E-state index in [9.17, 15) is 9.59 Å². The SMILES string of the molecule is Cc1oc(-c2cccs2)nc1CC(=O)N1CC(=O)Nc2ccccc21. The summed E-state index contributed by atoms with van der Waals surface area (Å²) in [6.45, 7) is 1.80. The smallest absolute Gasteiger partial charge is 0.244 e. The lowest BCUT2D eigenvalue weighted by Crippen LogP contribution is -2.42. The molecule has 0 aliphatic carbocycles. The minimum Gasteiger partial charge on any atom is -0.440 e. The first kappa shape index (κ1) is 15.6. The number of carbonyl (C=O) groups is 2. The Hall–Kier alpha value is -2.93. The molecule has 0 unspecified atom stereocenters. The number of hydrogen-bond acceptors (Lipinski definition) is 5. The summed E-state index contributed by atoms with van der Waals surface area (Å²) >= 11 is 1.53. The van der Waals surface area contributed by atoms with Crippen molar-refractivity contribution >= 4 is 34.5 Å². The number of nitrogens with one attached hydrogen (secondary N) is 1. The average Bonchev–Trinajstić information content (AvgIpc) is 3.24. The lowest BCUT2D eigenvalue weighted by molar-refractivity contribution is -0.121. The molecule has 0 bridgehead atoms. The number of rotatable bonds is 3. The van der Waals surface area contributed by atoms with Crippen molar-refractivity contribution in [1.82, 2.24) is 4.98 Å². The molecule has 0 fully saturated rings. The fraction of sp³-hybridized carbons (Fsp3) is 0.167. The van der Waals surface area contributed by atoms with Crippen LogP contribution >= 0.6 is 11.3 Å². The van der Waals surface area contributed by atoms with E-state index in [1.54, 1.807) is 13.0 Å². The van der Waals surface area contributed by atoms with Crippen molar-refractivity contribution < 1.29 is 14.0 Å². The van der Waals surface area contributed by atoms with Crippen LogP contribution in [-0.2, 0) is 16.0 Å². The van der Waals surface area contributed by atoms with Gasteiger partial charge in [-0.1, -0.05) is 18.2 Å². The molecule has 0 radical (unpaired) electrons. The molecule has 1 N–H and O–H groups in total. The minimum atomic E-state index is -0.205. The summed E-state index contributed by atoms with van der Waals surface area (Å²) in [5, 5.41) is 4.72. The van der Waals surface area contributed by atoms with Gasteiger partial charge in [-0.15, -0.1) is 11.3 Å². The Balaban J connectivity index is 1.60. The number of fused-ring (bicyclic) bond motifs is 1. The van der Waals surface area contributed by atoms with Crippen LogP contribution in [0.1, 0.15) is 11.5 Å². The van der Waals surface area contributed by atoms with Gasteiger partial charge in [0.1, 0.15) is 12.3 Å². The van der Waals surface area contributed by atoms with Crippen molar-refractivity contribution in [3.63, 3.8) is 0 Å². The van der Waals surface area contributed by atoms with Crippen LogP contribution in [-0.4, -0.2) is 23.3 Å². The second kappa shape index (κ2) is 6.18. The van der Waals surface area contributed by atoms with Gasteiger partial charge in [0.05, 0.1) is 28.4 Å². The van der Waals surface area contributed by atoms with Gasteiger partial charge in [-0.05, 0) is 30.5 Å². The molecule has 3 aromatic rings. The zero-order valence-corrected chi connectivity index (χ0v) is 14.3. The van der Waals surface area contributed by atoms with Crippen LogP contribution in [0, 0.1) is 6.92 Å². The maximum Gasteiger partial charge on any atom is 0.244 e. The van der Waals surface area contributed by atoms with Crippen LogP contribution < -0.4 is 10.2 Å². The summed E-state index contributed by atoms with van der Waals surface area (Å²) < 4.78 is 5.69. The standard InChI is InChI=1S/C18H15N3O3S/c1-11-13(20-18(24-11)15-7-4-8-25-15)9-17(23)21-10-16(22)19-12-5-2-3-6-14(12)21/h2-8H,9-10H2,1H3,(H,19,22). The highest BCUT2D eigenvalue weighted by atomic mass is 32.1. The van der Waals surface area contributed by atoms with Crippen LogP contribution in [0.3, 0.4) is 0 Å². The van der Waals surface area contributed by atoms with E-state index in [4.69, 9.17) is 4.42 Å². The summed E-state index contributed by atoms with van der Waals surface area (Å²) in [7, 11) is 0. The van der Waals surface area contributed by atoms with Gasteiger partial charge in [0, 0.05) is 0 Å². The van der Waals surface area contributed by atoms with Crippen molar-refractivity contribution in [2.24, 2.45) is 0 Å². The molecule has 25 heavy (non-hydrogen) atoms. The van der Waals surface area contributed by atoms with Crippen LogP contribution in [0.2, 0.25) is 0 Å². The minimum absolute atomic E-state index is 0.00449. The van der Waals surface area contributed by atoms with Crippen LogP contribution in [0.25, 0.3) is 10.8 Å². The van der Waals surface area contributed by atoms with E-state index >= 15 is 0 Å². The Morgan fingerprint density at radius 1 is 1.32 bits per heavy atom. The molecule has 2 aromatic heterocycles. The van der Waals surface area contributed by atoms with Gasteiger partial charge >= 0.3 is 0 Å². The van der Waals surface area contributed by atoms with E-state index < -0.39 is 0 Å². The van der Waals surface area contributed by atoms with Gasteiger partial charge in [0.2, 0.25) is 17.7 Å². The second-order valence-corrected chi connectivity index (χ2v) is 6.67. The highest BCUT2D eigenvalue weighted by Gasteiger charge is 2.27. The number of para-hydroxylation sites is 2. The number of aryl methyl sites for hydroxylation is 1. The summed E-state index contributed by atoms with van der Waals surface area (Å²) in [4.78, 5) is 31.5. The summed E-state index contributed by atoms with van der Waals surface area (Å²) in [6.07, 6.45) is 0.0856. The first-order chi connectivity index (χ1) is 12.1. The Kier molecular flexibility index (Phi) is 3.85. The summed E-state index contributed by atoms with van der Waals surface area (Å²) in [5.41, 5.74) is 1.94. The lowest BCUT2D eigenvalue weighted by atomic mass is 10.1. The van der Waals surface area contributed by atoms with Crippen molar-refractivity contribution in [3.05, 3.63) is 53.2 Å². The highest BCUT2D eigenvalue weighted by molar-refractivity contribution is 7.13. The van der Waals surface area contributed by atoms with Crippen LogP contribution in [0.15, 0.2) is 46.2 Å². The Morgan fingerprint density at radius 2 is 2.16 bits per heavy atom. The van der Waals surface area contributed by atoms with E-state index in [0.717, 1.165) is 4.88 Å². The van der Waals surface area contributed by atoms with Gasteiger partial charge in [-0.2, -0.15) is 0 Å². The number of hydrogen-bond donors (Lipinski definition) is 1.